The lowest BCUT2D eigenvalue weighted by atomic mass is 9.97. The molecule has 1 aromatic rings. The lowest BCUT2D eigenvalue weighted by Crippen LogP contribution is -2.41. The number of hydrogen-bond acceptors (Lipinski definition) is 4. The van der Waals surface area contributed by atoms with E-state index >= 15 is 0 Å². The zero-order valence-electron chi connectivity index (χ0n) is 43.4. The smallest absolute Gasteiger partial charge is 0.313 e. The number of rotatable bonds is 46. The Labute approximate surface area is 393 Å². The molecule has 0 heterocycles. The van der Waals surface area contributed by atoms with Crippen molar-refractivity contribution in [2.75, 3.05) is 33.8 Å². The summed E-state index contributed by atoms with van der Waals surface area (Å²) in [5.74, 6) is 0.673. The molecule has 0 saturated carbocycles. The number of carbonyl (C=O) groups is 2. The SMILES string of the molecule is CCCCCCCCCCCCCCCC(CCCCCCCCCCCCCCC)N(CCCCCCCCOC(=O)C(C)c1ccc(CC(C)C)cc1)C(=O)CCCN(C)C. The van der Waals surface area contributed by atoms with Gasteiger partial charge in [0, 0.05) is 19.0 Å². The van der Waals surface area contributed by atoms with E-state index in [1.807, 2.05) is 6.92 Å². The summed E-state index contributed by atoms with van der Waals surface area (Å²) < 4.78 is 5.70. The molecule has 1 atom stereocenters. The third-order valence-electron chi connectivity index (χ3n) is 13.6. The molecule has 0 aliphatic heterocycles. The first-order valence-electron chi connectivity index (χ1n) is 27.9. The number of unbranched alkanes of at least 4 members (excludes halogenated alkanes) is 29. The largest absolute Gasteiger partial charge is 0.465 e. The molecule has 0 spiro atoms. The minimum absolute atomic E-state index is 0.117. The minimum Gasteiger partial charge on any atom is -0.465 e. The third-order valence-corrected chi connectivity index (χ3v) is 13.6. The molecular weight excluding hydrogens is 773 g/mol. The van der Waals surface area contributed by atoms with Crippen molar-refractivity contribution >= 4 is 11.9 Å². The molecule has 0 saturated heterocycles. The van der Waals surface area contributed by atoms with Crippen LogP contribution < -0.4 is 0 Å². The summed E-state index contributed by atoms with van der Waals surface area (Å²) in [5, 5.41) is 0. The molecule has 1 rings (SSSR count). The molecule has 1 unspecified atom stereocenters. The van der Waals surface area contributed by atoms with Crippen LogP contribution in [-0.2, 0) is 20.7 Å². The van der Waals surface area contributed by atoms with E-state index in [4.69, 9.17) is 4.74 Å². The van der Waals surface area contributed by atoms with Gasteiger partial charge in [0.15, 0.2) is 0 Å². The number of hydrogen-bond donors (Lipinski definition) is 0. The van der Waals surface area contributed by atoms with E-state index in [0.717, 1.165) is 63.6 Å². The molecule has 0 aliphatic carbocycles. The quantitative estimate of drug-likeness (QED) is 0.0484. The normalized spacial score (nSPS) is 12.2. The maximum Gasteiger partial charge on any atom is 0.313 e. The van der Waals surface area contributed by atoms with Gasteiger partial charge in [-0.1, -0.05) is 245 Å². The molecule has 1 amide bonds. The van der Waals surface area contributed by atoms with Gasteiger partial charge < -0.3 is 14.5 Å². The number of ether oxygens (including phenoxy) is 1. The minimum atomic E-state index is -0.232. The Morgan fingerprint density at radius 2 is 0.889 bits per heavy atom. The van der Waals surface area contributed by atoms with Crippen molar-refractivity contribution in [2.24, 2.45) is 5.92 Å². The Kier molecular flexibility index (Phi) is 40.1. The first-order valence-corrected chi connectivity index (χ1v) is 27.9. The maximum absolute atomic E-state index is 14.0. The second-order valence-corrected chi connectivity index (χ2v) is 20.6. The Hall–Kier alpha value is -1.88. The summed E-state index contributed by atoms with van der Waals surface area (Å²) in [6.45, 7) is 13.4. The van der Waals surface area contributed by atoms with Crippen LogP contribution >= 0.6 is 0 Å². The Bertz CT molecular complexity index is 1120. The van der Waals surface area contributed by atoms with Crippen molar-refractivity contribution < 1.29 is 14.3 Å². The monoisotopic (exact) mass is 881 g/mol. The molecular formula is C58H108N2O3. The van der Waals surface area contributed by atoms with Crippen LogP contribution in [0.5, 0.6) is 0 Å². The summed E-state index contributed by atoms with van der Waals surface area (Å²) in [7, 11) is 4.23. The zero-order valence-corrected chi connectivity index (χ0v) is 43.4. The second-order valence-electron chi connectivity index (χ2n) is 20.6. The van der Waals surface area contributed by atoms with Gasteiger partial charge in [-0.25, -0.2) is 0 Å². The molecule has 0 bridgehead atoms. The first kappa shape index (κ1) is 59.1. The van der Waals surface area contributed by atoms with Crippen LogP contribution in [-0.4, -0.2) is 61.5 Å². The highest BCUT2D eigenvalue weighted by molar-refractivity contribution is 5.77. The lowest BCUT2D eigenvalue weighted by Gasteiger charge is -2.33. The molecule has 5 heteroatoms. The highest BCUT2D eigenvalue weighted by Gasteiger charge is 2.23. The molecule has 63 heavy (non-hydrogen) atoms. The van der Waals surface area contributed by atoms with Crippen LogP contribution in [0.15, 0.2) is 24.3 Å². The van der Waals surface area contributed by atoms with E-state index in [2.05, 4.69) is 75.9 Å². The van der Waals surface area contributed by atoms with Gasteiger partial charge in [0.1, 0.15) is 0 Å². The van der Waals surface area contributed by atoms with Crippen molar-refractivity contribution in [3.8, 4) is 0 Å². The number of amides is 1. The van der Waals surface area contributed by atoms with Gasteiger partial charge in [-0.3, -0.25) is 9.59 Å². The predicted molar refractivity (Wildman–Crippen MR) is 276 cm³/mol. The van der Waals surface area contributed by atoms with Gasteiger partial charge >= 0.3 is 5.97 Å². The van der Waals surface area contributed by atoms with E-state index in [1.54, 1.807) is 0 Å². The van der Waals surface area contributed by atoms with E-state index in [9.17, 15) is 9.59 Å². The standard InChI is InChI=1S/C58H108N2O3/c1-8-10-12-14-16-18-20-22-24-26-28-32-36-41-56(42-37-33-29-27-25-23-21-19-17-15-13-11-9-2)60(57(61)43-40-48-59(6)7)49-38-34-30-31-35-39-50-63-58(62)53(5)55-46-44-54(45-47-55)51-52(3)4/h44-47,52-53,56H,8-43,48-51H2,1-7H3. The number of nitrogens with zero attached hydrogens (tertiary/aromatic N) is 2. The van der Waals surface area contributed by atoms with Crippen molar-refractivity contribution in [1.29, 1.82) is 0 Å². The second kappa shape index (κ2) is 42.7. The number of carbonyl (C=O) groups excluding carboxylic acids is 2. The zero-order chi connectivity index (χ0) is 46.0. The fourth-order valence-corrected chi connectivity index (χ4v) is 9.39. The summed E-state index contributed by atoms with van der Waals surface area (Å²) in [4.78, 5) is 31.3. The van der Waals surface area contributed by atoms with Crippen molar-refractivity contribution in [1.82, 2.24) is 9.80 Å². The van der Waals surface area contributed by atoms with E-state index in [-0.39, 0.29) is 11.9 Å². The highest BCUT2D eigenvalue weighted by atomic mass is 16.5. The highest BCUT2D eigenvalue weighted by Crippen LogP contribution is 2.23. The lowest BCUT2D eigenvalue weighted by molar-refractivity contribution is -0.145. The summed E-state index contributed by atoms with van der Waals surface area (Å²) in [5.41, 5.74) is 2.36. The van der Waals surface area contributed by atoms with E-state index < -0.39 is 0 Å². The van der Waals surface area contributed by atoms with Gasteiger partial charge in [0.2, 0.25) is 5.91 Å². The summed E-state index contributed by atoms with van der Waals surface area (Å²) in [6.07, 6.45) is 47.6. The Morgan fingerprint density at radius 1 is 0.492 bits per heavy atom. The number of esters is 1. The van der Waals surface area contributed by atoms with Crippen LogP contribution in [0, 0.1) is 5.92 Å². The number of benzene rings is 1. The summed E-state index contributed by atoms with van der Waals surface area (Å²) >= 11 is 0. The predicted octanol–water partition coefficient (Wildman–Crippen LogP) is 17.4. The maximum atomic E-state index is 14.0. The van der Waals surface area contributed by atoms with Gasteiger partial charge in [-0.05, 0) is 83.1 Å². The molecule has 0 N–H and O–H groups in total. The fraction of sp³-hybridized carbons (Fsp3) is 0.862. The van der Waals surface area contributed by atoms with Gasteiger partial charge in [-0.15, -0.1) is 0 Å². The Morgan fingerprint density at radius 3 is 1.30 bits per heavy atom. The van der Waals surface area contributed by atoms with Gasteiger partial charge in [-0.2, -0.15) is 0 Å². The van der Waals surface area contributed by atoms with E-state index in [1.165, 1.54) is 192 Å². The van der Waals surface area contributed by atoms with Crippen molar-refractivity contribution in [2.45, 2.75) is 284 Å². The molecule has 0 fully saturated rings. The average molecular weight is 882 g/mol. The van der Waals surface area contributed by atoms with Crippen LogP contribution in [0.25, 0.3) is 0 Å². The summed E-state index contributed by atoms with van der Waals surface area (Å²) in [6, 6.07) is 8.88. The van der Waals surface area contributed by atoms with Crippen LogP contribution in [0.4, 0.5) is 0 Å². The molecule has 0 radical (unpaired) electrons. The molecule has 0 aliphatic rings. The Balaban J connectivity index is 2.59. The molecule has 0 aromatic heterocycles. The average Bonchev–Trinajstić information content (AvgIpc) is 3.26. The van der Waals surface area contributed by atoms with E-state index in [0.29, 0.717) is 30.9 Å². The molecule has 5 nitrogen and oxygen atoms in total. The van der Waals surface area contributed by atoms with Crippen LogP contribution in [0.1, 0.15) is 283 Å². The first-order chi connectivity index (χ1) is 30.7. The fourth-order valence-electron chi connectivity index (χ4n) is 9.39. The third kappa shape index (κ3) is 35.0. The van der Waals surface area contributed by atoms with Gasteiger partial charge in [0.05, 0.1) is 12.5 Å². The van der Waals surface area contributed by atoms with Crippen LogP contribution in [0.3, 0.4) is 0 Å². The topological polar surface area (TPSA) is 49.9 Å². The molecule has 368 valence electrons. The van der Waals surface area contributed by atoms with Gasteiger partial charge in [0.25, 0.3) is 0 Å². The molecule has 1 aromatic carbocycles. The van der Waals surface area contributed by atoms with Crippen molar-refractivity contribution in [3.63, 3.8) is 0 Å². The van der Waals surface area contributed by atoms with Crippen LogP contribution in [0.2, 0.25) is 0 Å². The van der Waals surface area contributed by atoms with Crippen molar-refractivity contribution in [3.05, 3.63) is 35.4 Å².